The van der Waals surface area contributed by atoms with Gasteiger partial charge < -0.3 is 15.4 Å². The van der Waals surface area contributed by atoms with E-state index in [0.29, 0.717) is 6.61 Å². The van der Waals surface area contributed by atoms with Gasteiger partial charge in [0.25, 0.3) is 0 Å². The average Bonchev–Trinajstić information content (AvgIpc) is 2.47. The van der Waals surface area contributed by atoms with Gasteiger partial charge in [-0.1, -0.05) is 26.7 Å². The molecule has 0 aromatic heterocycles. The fourth-order valence-electron chi connectivity index (χ4n) is 2.28. The number of unbranched alkanes of at least 4 members (excludes halogenated alkanes) is 2. The predicted molar refractivity (Wildman–Crippen MR) is 84.8 cm³/mol. The average molecular weight is 275 g/mol. The van der Waals surface area contributed by atoms with E-state index in [0.717, 1.165) is 36.0 Å². The molecule has 1 aromatic rings. The molecule has 2 N–H and O–H groups in total. The Morgan fingerprint density at radius 3 is 2.55 bits per heavy atom. The highest BCUT2D eigenvalue weighted by Gasteiger charge is 2.18. The van der Waals surface area contributed by atoms with Crippen molar-refractivity contribution in [2.45, 2.75) is 39.5 Å². The smallest absolute Gasteiger partial charge is 0.147 e. The second-order valence-electron chi connectivity index (χ2n) is 5.24. The molecule has 4 nitrogen and oxygen atoms in total. The number of benzene rings is 1. The predicted octanol–water partition coefficient (Wildman–Crippen LogP) is 3.59. The van der Waals surface area contributed by atoms with Gasteiger partial charge in [-0.05, 0) is 25.0 Å². The first-order valence-corrected chi connectivity index (χ1v) is 7.59. The summed E-state index contributed by atoms with van der Waals surface area (Å²) in [4.78, 5) is 7.12. The Morgan fingerprint density at radius 1 is 1.20 bits per heavy atom. The van der Waals surface area contributed by atoms with Gasteiger partial charge in [-0.25, -0.2) is 4.99 Å². The maximum atomic E-state index is 5.81. The number of nitrogens with two attached hydrogens (primary N) is 1. The van der Waals surface area contributed by atoms with Crippen LogP contribution in [0.1, 0.15) is 39.5 Å². The summed E-state index contributed by atoms with van der Waals surface area (Å²) < 4.78 is 5.81. The summed E-state index contributed by atoms with van der Waals surface area (Å²) in [7, 11) is 0. The van der Waals surface area contributed by atoms with Crippen LogP contribution in [0.3, 0.4) is 0 Å². The SMILES string of the molecule is CCCCN(CCCC)C1=Nc2ccc(N)cc2OC1. The van der Waals surface area contributed by atoms with Crippen molar-refractivity contribution in [3.8, 4) is 5.75 Å². The second-order valence-corrected chi connectivity index (χ2v) is 5.24. The van der Waals surface area contributed by atoms with Crippen molar-refractivity contribution in [1.29, 1.82) is 0 Å². The van der Waals surface area contributed by atoms with Crippen LogP contribution < -0.4 is 10.5 Å². The van der Waals surface area contributed by atoms with Crippen molar-refractivity contribution in [2.75, 3.05) is 25.4 Å². The van der Waals surface area contributed by atoms with Gasteiger partial charge in [0, 0.05) is 24.8 Å². The van der Waals surface area contributed by atoms with Crippen LogP contribution in [0.25, 0.3) is 0 Å². The van der Waals surface area contributed by atoms with E-state index >= 15 is 0 Å². The lowest BCUT2D eigenvalue weighted by Crippen LogP contribution is -2.37. The number of nitrogens with zero attached hydrogens (tertiary/aromatic N) is 2. The van der Waals surface area contributed by atoms with Gasteiger partial charge in [0.1, 0.15) is 23.9 Å². The van der Waals surface area contributed by atoms with E-state index < -0.39 is 0 Å². The van der Waals surface area contributed by atoms with Gasteiger partial charge in [0.2, 0.25) is 0 Å². The Bertz CT molecular complexity index is 463. The molecular weight excluding hydrogens is 250 g/mol. The zero-order chi connectivity index (χ0) is 14.4. The monoisotopic (exact) mass is 275 g/mol. The molecule has 4 heteroatoms. The molecule has 0 atom stereocenters. The Kier molecular flexibility index (Phi) is 5.27. The Labute approximate surface area is 121 Å². The van der Waals surface area contributed by atoms with Crippen molar-refractivity contribution < 1.29 is 4.74 Å². The van der Waals surface area contributed by atoms with Gasteiger partial charge in [-0.2, -0.15) is 0 Å². The van der Waals surface area contributed by atoms with E-state index in [9.17, 15) is 0 Å². The fourth-order valence-corrected chi connectivity index (χ4v) is 2.28. The highest BCUT2D eigenvalue weighted by Crippen LogP contribution is 2.32. The molecule has 0 saturated carbocycles. The molecule has 1 aliphatic rings. The molecule has 0 unspecified atom stereocenters. The molecule has 0 aliphatic carbocycles. The van der Waals surface area contributed by atoms with E-state index in [4.69, 9.17) is 15.5 Å². The molecule has 0 fully saturated rings. The van der Waals surface area contributed by atoms with Crippen LogP contribution in [-0.4, -0.2) is 30.4 Å². The first-order valence-electron chi connectivity index (χ1n) is 7.59. The summed E-state index contributed by atoms with van der Waals surface area (Å²) in [5.41, 5.74) is 7.38. The maximum absolute atomic E-state index is 5.81. The lowest BCUT2D eigenvalue weighted by Gasteiger charge is -2.28. The highest BCUT2D eigenvalue weighted by atomic mass is 16.5. The number of anilines is 1. The van der Waals surface area contributed by atoms with Crippen LogP contribution >= 0.6 is 0 Å². The van der Waals surface area contributed by atoms with E-state index in [1.54, 1.807) is 0 Å². The highest BCUT2D eigenvalue weighted by molar-refractivity contribution is 5.89. The number of amidine groups is 1. The van der Waals surface area contributed by atoms with E-state index in [-0.39, 0.29) is 0 Å². The van der Waals surface area contributed by atoms with Crippen LogP contribution in [-0.2, 0) is 0 Å². The van der Waals surface area contributed by atoms with E-state index in [1.807, 2.05) is 18.2 Å². The van der Waals surface area contributed by atoms with Gasteiger partial charge in [0.15, 0.2) is 0 Å². The Morgan fingerprint density at radius 2 is 1.90 bits per heavy atom. The number of fused-ring (bicyclic) bond motifs is 1. The molecule has 0 amide bonds. The van der Waals surface area contributed by atoms with Gasteiger partial charge in [-0.15, -0.1) is 0 Å². The molecule has 1 heterocycles. The number of hydrogen-bond acceptors (Lipinski definition) is 4. The molecule has 0 bridgehead atoms. The summed E-state index contributed by atoms with van der Waals surface area (Å²) in [6, 6.07) is 5.65. The van der Waals surface area contributed by atoms with E-state index in [2.05, 4.69) is 18.7 Å². The lowest BCUT2D eigenvalue weighted by molar-refractivity contribution is 0.322. The van der Waals surface area contributed by atoms with Crippen LogP contribution in [0.5, 0.6) is 5.75 Å². The minimum atomic E-state index is 0.546. The van der Waals surface area contributed by atoms with Crippen molar-refractivity contribution >= 4 is 17.2 Å². The normalized spacial score (nSPS) is 13.4. The Hall–Kier alpha value is -1.71. The summed E-state index contributed by atoms with van der Waals surface area (Å²) in [6.07, 6.45) is 4.78. The summed E-state index contributed by atoms with van der Waals surface area (Å²) in [5.74, 6) is 1.84. The third kappa shape index (κ3) is 3.65. The maximum Gasteiger partial charge on any atom is 0.147 e. The zero-order valence-corrected chi connectivity index (χ0v) is 12.6. The minimum Gasteiger partial charge on any atom is -0.483 e. The number of nitrogen functional groups attached to an aromatic ring is 1. The van der Waals surface area contributed by atoms with Gasteiger partial charge >= 0.3 is 0 Å². The summed E-state index contributed by atoms with van der Waals surface area (Å²) in [6.45, 7) is 7.10. The topological polar surface area (TPSA) is 50.8 Å². The van der Waals surface area contributed by atoms with Crippen LogP contribution in [0.4, 0.5) is 11.4 Å². The molecule has 1 aromatic carbocycles. The number of aliphatic imine (C=N–C) groups is 1. The van der Waals surface area contributed by atoms with Crippen molar-refractivity contribution in [1.82, 2.24) is 4.90 Å². The first-order chi connectivity index (χ1) is 9.74. The molecule has 20 heavy (non-hydrogen) atoms. The molecule has 110 valence electrons. The zero-order valence-electron chi connectivity index (χ0n) is 12.6. The molecule has 1 aliphatic heterocycles. The van der Waals surface area contributed by atoms with Gasteiger partial charge in [0.05, 0.1) is 0 Å². The van der Waals surface area contributed by atoms with Gasteiger partial charge in [-0.3, -0.25) is 0 Å². The molecule has 2 rings (SSSR count). The minimum absolute atomic E-state index is 0.546. The third-order valence-electron chi connectivity index (χ3n) is 3.52. The largest absolute Gasteiger partial charge is 0.483 e. The van der Waals surface area contributed by atoms with Crippen LogP contribution in [0.15, 0.2) is 23.2 Å². The lowest BCUT2D eigenvalue weighted by atomic mass is 10.2. The van der Waals surface area contributed by atoms with Crippen molar-refractivity contribution in [3.63, 3.8) is 0 Å². The molecule has 0 radical (unpaired) electrons. The standard InChI is InChI=1S/C16H25N3O/c1-3-5-9-19(10-6-4-2)16-12-20-15-11-13(17)7-8-14(15)18-16/h7-8,11H,3-6,9-10,12,17H2,1-2H3. The van der Waals surface area contributed by atoms with Crippen molar-refractivity contribution in [3.05, 3.63) is 18.2 Å². The first kappa shape index (κ1) is 14.7. The number of hydrogen-bond donors (Lipinski definition) is 1. The van der Waals surface area contributed by atoms with Crippen LogP contribution in [0.2, 0.25) is 0 Å². The number of ether oxygens (including phenoxy) is 1. The quantitative estimate of drug-likeness (QED) is 0.807. The second kappa shape index (κ2) is 7.17. The fraction of sp³-hybridized carbons (Fsp3) is 0.562. The molecule has 0 saturated heterocycles. The third-order valence-corrected chi connectivity index (χ3v) is 3.52. The molecular formula is C16H25N3O. The van der Waals surface area contributed by atoms with Crippen molar-refractivity contribution in [2.24, 2.45) is 4.99 Å². The number of rotatable bonds is 6. The Balaban J connectivity index is 2.14. The van der Waals surface area contributed by atoms with Crippen LogP contribution in [0, 0.1) is 0 Å². The van der Waals surface area contributed by atoms with E-state index in [1.165, 1.54) is 25.7 Å². The summed E-state index contributed by atoms with van der Waals surface area (Å²) >= 11 is 0. The summed E-state index contributed by atoms with van der Waals surface area (Å²) in [5, 5.41) is 0. The molecule has 0 spiro atoms.